The largest absolute Gasteiger partial charge is 0.446 e. The fourth-order valence-corrected chi connectivity index (χ4v) is 1.25. The average Bonchev–Trinajstić information content (AvgIpc) is 2.56. The zero-order valence-corrected chi connectivity index (χ0v) is 6.53. The molecule has 1 fully saturated rings. The Morgan fingerprint density at radius 2 is 2.50 bits per heavy atom. The Hall–Kier alpha value is -1.16. The van der Waals surface area contributed by atoms with E-state index in [0.29, 0.717) is 25.2 Å². The number of carbonyl (C=O) groups excluding carboxylic acids is 1. The number of ether oxygens (including phenoxy) is 1. The predicted molar refractivity (Wildman–Crippen MR) is 39.4 cm³/mol. The Kier molecular flexibility index (Phi) is 1.91. The molecule has 1 aliphatic rings. The third-order valence-electron chi connectivity index (χ3n) is 1.88. The van der Waals surface area contributed by atoms with Crippen LogP contribution in [0, 0.1) is 0 Å². The fraction of sp³-hybridized carbons (Fsp3) is 0.500. The molecule has 0 spiro atoms. The van der Waals surface area contributed by atoms with Crippen molar-refractivity contribution in [3.05, 3.63) is 18.4 Å². The van der Waals surface area contributed by atoms with Gasteiger partial charge >= 0.3 is 0 Å². The first-order chi connectivity index (χ1) is 5.86. The summed E-state index contributed by atoms with van der Waals surface area (Å²) < 4.78 is 10.4. The van der Waals surface area contributed by atoms with E-state index in [1.54, 1.807) is 6.20 Å². The number of Topliss-reactive ketones (excluding diaryl/α,β-unsaturated/α-hetero) is 1. The van der Waals surface area contributed by atoms with Crippen LogP contribution in [0.5, 0.6) is 0 Å². The first-order valence-electron chi connectivity index (χ1n) is 3.88. The molecule has 1 unspecified atom stereocenters. The second kappa shape index (κ2) is 3.06. The van der Waals surface area contributed by atoms with Crippen molar-refractivity contribution in [2.75, 3.05) is 6.61 Å². The molecule has 0 aliphatic carbocycles. The molecule has 1 atom stereocenters. The summed E-state index contributed by atoms with van der Waals surface area (Å²) in [5, 5.41) is 0. The SMILES string of the molecule is O=C1CCOC(c2cnco2)C1. The van der Waals surface area contributed by atoms with Crippen LogP contribution in [0.15, 0.2) is 17.0 Å². The van der Waals surface area contributed by atoms with E-state index >= 15 is 0 Å². The molecular weight excluding hydrogens is 158 g/mol. The van der Waals surface area contributed by atoms with E-state index in [4.69, 9.17) is 9.15 Å². The van der Waals surface area contributed by atoms with E-state index in [1.165, 1.54) is 6.39 Å². The highest BCUT2D eigenvalue weighted by atomic mass is 16.5. The van der Waals surface area contributed by atoms with E-state index in [2.05, 4.69) is 4.98 Å². The lowest BCUT2D eigenvalue weighted by atomic mass is 10.1. The normalized spacial score (nSPS) is 24.3. The molecule has 1 aromatic heterocycles. The van der Waals surface area contributed by atoms with Crippen molar-refractivity contribution < 1.29 is 13.9 Å². The van der Waals surface area contributed by atoms with Gasteiger partial charge in [-0.3, -0.25) is 4.79 Å². The highest BCUT2D eigenvalue weighted by molar-refractivity contribution is 5.79. The third kappa shape index (κ3) is 1.38. The second-order valence-corrected chi connectivity index (χ2v) is 2.76. The van der Waals surface area contributed by atoms with Gasteiger partial charge in [0.05, 0.1) is 12.8 Å². The van der Waals surface area contributed by atoms with Crippen molar-refractivity contribution in [2.24, 2.45) is 0 Å². The quantitative estimate of drug-likeness (QED) is 0.628. The molecular formula is C8H9NO3. The number of nitrogens with zero attached hydrogens (tertiary/aromatic N) is 1. The molecule has 1 aromatic rings. The molecule has 2 heterocycles. The van der Waals surface area contributed by atoms with Gasteiger partial charge in [0.15, 0.2) is 12.2 Å². The first-order valence-corrected chi connectivity index (χ1v) is 3.88. The molecule has 4 nitrogen and oxygen atoms in total. The van der Waals surface area contributed by atoms with Gasteiger partial charge in [-0.05, 0) is 0 Å². The number of oxazole rings is 1. The molecule has 0 radical (unpaired) electrons. The minimum atomic E-state index is -0.214. The predicted octanol–water partition coefficient (Wildman–Crippen LogP) is 1.10. The van der Waals surface area contributed by atoms with Crippen LogP contribution in [0.1, 0.15) is 24.7 Å². The van der Waals surface area contributed by atoms with Gasteiger partial charge in [0.1, 0.15) is 11.9 Å². The van der Waals surface area contributed by atoms with Gasteiger partial charge < -0.3 is 9.15 Å². The standard InChI is InChI=1S/C8H9NO3/c10-6-1-2-11-7(3-6)8-4-9-5-12-8/h4-5,7H,1-3H2. The number of hydrogen-bond acceptors (Lipinski definition) is 4. The number of rotatable bonds is 1. The molecule has 0 saturated carbocycles. The Balaban J connectivity index is 2.09. The van der Waals surface area contributed by atoms with E-state index in [1.807, 2.05) is 0 Å². The van der Waals surface area contributed by atoms with Crippen molar-refractivity contribution in [3.8, 4) is 0 Å². The molecule has 0 amide bonds. The maximum Gasteiger partial charge on any atom is 0.180 e. The van der Waals surface area contributed by atoms with Gasteiger partial charge in [0.25, 0.3) is 0 Å². The topological polar surface area (TPSA) is 52.3 Å². The minimum absolute atomic E-state index is 0.214. The smallest absolute Gasteiger partial charge is 0.180 e. The molecule has 1 aliphatic heterocycles. The van der Waals surface area contributed by atoms with E-state index in [0.717, 1.165) is 0 Å². The Morgan fingerprint density at radius 1 is 1.58 bits per heavy atom. The molecule has 0 bridgehead atoms. The van der Waals surface area contributed by atoms with Crippen LogP contribution in [0.3, 0.4) is 0 Å². The molecule has 0 aromatic carbocycles. The highest BCUT2D eigenvalue weighted by Crippen LogP contribution is 2.25. The monoisotopic (exact) mass is 167 g/mol. The molecule has 64 valence electrons. The summed E-state index contributed by atoms with van der Waals surface area (Å²) in [7, 11) is 0. The summed E-state index contributed by atoms with van der Waals surface area (Å²) in [6, 6.07) is 0. The van der Waals surface area contributed by atoms with E-state index < -0.39 is 0 Å². The lowest BCUT2D eigenvalue weighted by Gasteiger charge is -2.18. The molecule has 0 N–H and O–H groups in total. The summed E-state index contributed by atoms with van der Waals surface area (Å²) in [6.45, 7) is 0.490. The maximum absolute atomic E-state index is 11.0. The van der Waals surface area contributed by atoms with Crippen LogP contribution in [-0.2, 0) is 9.53 Å². The van der Waals surface area contributed by atoms with Crippen LogP contribution in [0.4, 0.5) is 0 Å². The Morgan fingerprint density at radius 3 is 3.17 bits per heavy atom. The van der Waals surface area contributed by atoms with Gasteiger partial charge in [-0.2, -0.15) is 0 Å². The molecule has 2 rings (SSSR count). The first kappa shape index (κ1) is 7.49. The van der Waals surface area contributed by atoms with E-state index in [9.17, 15) is 4.79 Å². The van der Waals surface area contributed by atoms with Gasteiger partial charge in [-0.15, -0.1) is 0 Å². The average molecular weight is 167 g/mol. The molecule has 1 saturated heterocycles. The summed E-state index contributed by atoms with van der Waals surface area (Å²) in [5.41, 5.74) is 0. The minimum Gasteiger partial charge on any atom is -0.446 e. The fourth-order valence-electron chi connectivity index (χ4n) is 1.25. The number of ketones is 1. The lowest BCUT2D eigenvalue weighted by Crippen LogP contribution is -2.18. The van der Waals surface area contributed by atoms with Crippen molar-refractivity contribution in [1.82, 2.24) is 4.98 Å². The number of carbonyl (C=O) groups is 1. The summed E-state index contributed by atoms with van der Waals surface area (Å²) >= 11 is 0. The Labute approximate surface area is 69.5 Å². The Bertz CT molecular complexity index is 268. The lowest BCUT2D eigenvalue weighted by molar-refractivity contribution is -0.129. The van der Waals surface area contributed by atoms with Crippen molar-refractivity contribution in [2.45, 2.75) is 18.9 Å². The molecule has 12 heavy (non-hydrogen) atoms. The number of aromatic nitrogens is 1. The van der Waals surface area contributed by atoms with Crippen LogP contribution in [0.2, 0.25) is 0 Å². The van der Waals surface area contributed by atoms with Crippen molar-refractivity contribution in [3.63, 3.8) is 0 Å². The van der Waals surface area contributed by atoms with E-state index in [-0.39, 0.29) is 11.9 Å². The van der Waals surface area contributed by atoms with Gasteiger partial charge in [0.2, 0.25) is 0 Å². The zero-order chi connectivity index (χ0) is 8.39. The summed E-state index contributed by atoms with van der Waals surface area (Å²) in [6.07, 6.45) is 3.65. The van der Waals surface area contributed by atoms with Crippen LogP contribution in [-0.4, -0.2) is 17.4 Å². The van der Waals surface area contributed by atoms with Gasteiger partial charge in [-0.25, -0.2) is 4.98 Å². The maximum atomic E-state index is 11.0. The molecule has 4 heteroatoms. The third-order valence-corrected chi connectivity index (χ3v) is 1.88. The zero-order valence-electron chi connectivity index (χ0n) is 6.53. The van der Waals surface area contributed by atoms with Crippen LogP contribution >= 0.6 is 0 Å². The summed E-state index contributed by atoms with van der Waals surface area (Å²) in [5.74, 6) is 0.866. The van der Waals surface area contributed by atoms with Crippen LogP contribution < -0.4 is 0 Å². The summed E-state index contributed by atoms with van der Waals surface area (Å²) in [4.78, 5) is 14.8. The highest BCUT2D eigenvalue weighted by Gasteiger charge is 2.23. The van der Waals surface area contributed by atoms with Crippen molar-refractivity contribution >= 4 is 5.78 Å². The van der Waals surface area contributed by atoms with Crippen molar-refractivity contribution in [1.29, 1.82) is 0 Å². The van der Waals surface area contributed by atoms with Crippen LogP contribution in [0.25, 0.3) is 0 Å². The van der Waals surface area contributed by atoms with Gasteiger partial charge in [0, 0.05) is 12.8 Å². The second-order valence-electron chi connectivity index (χ2n) is 2.76. The van der Waals surface area contributed by atoms with Gasteiger partial charge in [-0.1, -0.05) is 0 Å². The number of hydrogen-bond donors (Lipinski definition) is 0.